The van der Waals surface area contributed by atoms with Crippen molar-refractivity contribution in [2.24, 2.45) is 0 Å². The molecule has 8 heteroatoms. The number of esters is 1. The van der Waals surface area contributed by atoms with Crippen LogP contribution in [0.2, 0.25) is 10.0 Å². The molecule has 0 radical (unpaired) electrons. The maximum absolute atomic E-state index is 12.3. The molecule has 0 spiro atoms. The third-order valence-electron chi connectivity index (χ3n) is 3.88. The maximum Gasteiger partial charge on any atom is 0.338 e. The molecular weight excluding hydrogens is 379 g/mol. The predicted octanol–water partition coefficient (Wildman–Crippen LogP) is 4.44. The molecule has 136 valence electrons. The van der Waals surface area contributed by atoms with E-state index in [4.69, 9.17) is 32.4 Å². The van der Waals surface area contributed by atoms with Gasteiger partial charge in [-0.1, -0.05) is 23.2 Å². The molecule has 2 amide bonds. The Kier molecular flexibility index (Phi) is 5.25. The summed E-state index contributed by atoms with van der Waals surface area (Å²) in [5, 5.41) is 6.11. The van der Waals surface area contributed by atoms with Crippen molar-refractivity contribution in [3.8, 4) is 11.3 Å². The number of amides is 2. The van der Waals surface area contributed by atoms with Gasteiger partial charge in [0.2, 0.25) is 0 Å². The van der Waals surface area contributed by atoms with Crippen molar-refractivity contribution in [2.75, 3.05) is 6.61 Å². The van der Waals surface area contributed by atoms with Gasteiger partial charge >= 0.3 is 12.0 Å². The van der Waals surface area contributed by atoms with Crippen LogP contribution in [0.15, 0.2) is 46.0 Å². The Hall–Kier alpha value is -2.44. The van der Waals surface area contributed by atoms with E-state index < -0.39 is 18.0 Å². The highest BCUT2D eigenvalue weighted by Crippen LogP contribution is 2.34. The normalized spacial score (nSPS) is 16.9. The van der Waals surface area contributed by atoms with Crippen LogP contribution in [0.4, 0.5) is 4.79 Å². The van der Waals surface area contributed by atoms with Crippen LogP contribution in [0.5, 0.6) is 0 Å². The van der Waals surface area contributed by atoms with Gasteiger partial charge in [-0.05, 0) is 44.2 Å². The van der Waals surface area contributed by atoms with Crippen molar-refractivity contribution in [2.45, 2.75) is 19.9 Å². The summed E-state index contributed by atoms with van der Waals surface area (Å²) in [6, 6.07) is 7.38. The second kappa shape index (κ2) is 7.43. The average Bonchev–Trinajstić information content (AvgIpc) is 3.06. The molecule has 2 N–H and O–H groups in total. The Bertz CT molecular complexity index is 904. The zero-order valence-corrected chi connectivity index (χ0v) is 15.6. The smallest absolute Gasteiger partial charge is 0.338 e. The molecule has 0 saturated carbocycles. The van der Waals surface area contributed by atoms with Crippen LogP contribution in [0, 0.1) is 0 Å². The molecule has 0 saturated heterocycles. The number of furan rings is 1. The number of halogens is 2. The first-order valence-corrected chi connectivity index (χ1v) is 8.67. The Morgan fingerprint density at radius 1 is 1.23 bits per heavy atom. The number of carbonyl (C=O) groups excluding carboxylic acids is 2. The fraction of sp³-hybridized carbons (Fsp3) is 0.222. The number of benzene rings is 1. The van der Waals surface area contributed by atoms with E-state index in [0.717, 1.165) is 5.56 Å². The predicted molar refractivity (Wildman–Crippen MR) is 97.9 cm³/mol. The summed E-state index contributed by atoms with van der Waals surface area (Å²) in [5.74, 6) is 0.422. The van der Waals surface area contributed by atoms with E-state index in [-0.39, 0.29) is 6.61 Å². The fourth-order valence-corrected chi connectivity index (χ4v) is 3.00. The van der Waals surface area contributed by atoms with Gasteiger partial charge in [0.1, 0.15) is 17.6 Å². The summed E-state index contributed by atoms with van der Waals surface area (Å²) in [7, 11) is 0. The summed E-state index contributed by atoms with van der Waals surface area (Å²) in [6.07, 6.45) is 0. The Balaban J connectivity index is 1.98. The monoisotopic (exact) mass is 394 g/mol. The minimum Gasteiger partial charge on any atom is -0.463 e. The summed E-state index contributed by atoms with van der Waals surface area (Å²) < 4.78 is 11.0. The summed E-state index contributed by atoms with van der Waals surface area (Å²) in [5.41, 5.74) is 1.44. The largest absolute Gasteiger partial charge is 0.463 e. The second-order valence-electron chi connectivity index (χ2n) is 5.62. The number of ether oxygens (including phenoxy) is 1. The SMILES string of the molecule is CCOC(=O)C1=C(C)NC(=O)N[C@H]1c1ccc(-c2ccc(Cl)c(Cl)c2)o1. The van der Waals surface area contributed by atoms with E-state index >= 15 is 0 Å². The minimum absolute atomic E-state index is 0.225. The van der Waals surface area contributed by atoms with Crippen molar-refractivity contribution in [1.82, 2.24) is 10.6 Å². The van der Waals surface area contributed by atoms with Crippen molar-refractivity contribution in [3.05, 3.63) is 57.4 Å². The molecule has 0 unspecified atom stereocenters. The van der Waals surface area contributed by atoms with E-state index in [2.05, 4.69) is 10.6 Å². The molecule has 1 aliphatic rings. The number of allylic oxidation sites excluding steroid dienone is 1. The highest BCUT2D eigenvalue weighted by atomic mass is 35.5. The maximum atomic E-state index is 12.3. The summed E-state index contributed by atoms with van der Waals surface area (Å²) in [6.45, 7) is 3.58. The molecule has 26 heavy (non-hydrogen) atoms. The number of nitrogens with one attached hydrogen (secondary N) is 2. The molecule has 3 rings (SSSR count). The van der Waals surface area contributed by atoms with Gasteiger partial charge in [0.15, 0.2) is 0 Å². The highest BCUT2D eigenvalue weighted by Gasteiger charge is 2.34. The van der Waals surface area contributed by atoms with Crippen LogP contribution in [0.3, 0.4) is 0 Å². The molecule has 1 aromatic carbocycles. The Morgan fingerprint density at radius 3 is 2.69 bits per heavy atom. The lowest BCUT2D eigenvalue weighted by atomic mass is 10.0. The van der Waals surface area contributed by atoms with Gasteiger partial charge in [-0.3, -0.25) is 0 Å². The molecule has 6 nitrogen and oxygen atoms in total. The molecule has 0 bridgehead atoms. The first kappa shape index (κ1) is 18.4. The lowest BCUT2D eigenvalue weighted by Gasteiger charge is -2.26. The number of hydrogen-bond acceptors (Lipinski definition) is 4. The minimum atomic E-state index is -0.751. The molecule has 0 aliphatic carbocycles. The topological polar surface area (TPSA) is 80.6 Å². The summed E-state index contributed by atoms with van der Waals surface area (Å²) >= 11 is 12.0. The molecule has 1 aliphatic heterocycles. The van der Waals surface area contributed by atoms with Crippen LogP contribution in [-0.2, 0) is 9.53 Å². The van der Waals surface area contributed by atoms with E-state index in [0.29, 0.717) is 32.8 Å². The van der Waals surface area contributed by atoms with Gasteiger partial charge in [-0.2, -0.15) is 0 Å². The quantitative estimate of drug-likeness (QED) is 0.750. The zero-order chi connectivity index (χ0) is 18.8. The van der Waals surface area contributed by atoms with Crippen LogP contribution in [0.25, 0.3) is 11.3 Å². The fourth-order valence-electron chi connectivity index (χ4n) is 2.70. The van der Waals surface area contributed by atoms with Crippen LogP contribution >= 0.6 is 23.2 Å². The number of hydrogen-bond donors (Lipinski definition) is 2. The highest BCUT2D eigenvalue weighted by molar-refractivity contribution is 6.42. The van der Waals surface area contributed by atoms with Gasteiger partial charge in [-0.25, -0.2) is 9.59 Å². The van der Waals surface area contributed by atoms with Crippen LogP contribution in [-0.4, -0.2) is 18.6 Å². The zero-order valence-electron chi connectivity index (χ0n) is 14.1. The average molecular weight is 395 g/mol. The van der Waals surface area contributed by atoms with Gasteiger partial charge in [-0.15, -0.1) is 0 Å². The van der Waals surface area contributed by atoms with E-state index in [1.165, 1.54) is 0 Å². The standard InChI is InChI=1S/C18H16Cl2N2O4/c1-3-25-17(23)15-9(2)21-18(24)22-16(15)14-7-6-13(26-14)10-4-5-11(19)12(20)8-10/h4-8,16H,3H2,1-2H3,(H2,21,22,24)/t16-/m0/s1. The first-order chi connectivity index (χ1) is 12.4. The van der Waals surface area contributed by atoms with Crippen LogP contribution < -0.4 is 10.6 Å². The summed E-state index contributed by atoms with van der Waals surface area (Å²) in [4.78, 5) is 24.2. The third-order valence-corrected chi connectivity index (χ3v) is 4.62. The van der Waals surface area contributed by atoms with Crippen molar-refractivity contribution in [1.29, 1.82) is 0 Å². The van der Waals surface area contributed by atoms with Crippen LogP contribution in [0.1, 0.15) is 25.6 Å². The van der Waals surface area contributed by atoms with Crippen molar-refractivity contribution >= 4 is 35.2 Å². The molecule has 2 heterocycles. The lowest BCUT2D eigenvalue weighted by Crippen LogP contribution is -2.45. The molecule has 1 atom stereocenters. The third kappa shape index (κ3) is 3.57. The molecular formula is C18H16Cl2N2O4. The van der Waals surface area contributed by atoms with Gasteiger partial charge in [0.25, 0.3) is 0 Å². The van der Waals surface area contributed by atoms with E-state index in [9.17, 15) is 9.59 Å². The van der Waals surface area contributed by atoms with Crippen molar-refractivity contribution < 1.29 is 18.7 Å². The number of carbonyl (C=O) groups is 2. The molecule has 2 aromatic rings. The van der Waals surface area contributed by atoms with E-state index in [1.54, 1.807) is 44.2 Å². The van der Waals surface area contributed by atoms with Gasteiger partial charge in [0, 0.05) is 11.3 Å². The molecule has 0 fully saturated rings. The van der Waals surface area contributed by atoms with Gasteiger partial charge in [0.05, 0.1) is 22.2 Å². The number of rotatable bonds is 4. The second-order valence-corrected chi connectivity index (χ2v) is 6.44. The Labute approximate surface area is 160 Å². The van der Waals surface area contributed by atoms with Crippen molar-refractivity contribution in [3.63, 3.8) is 0 Å². The molecule has 1 aromatic heterocycles. The van der Waals surface area contributed by atoms with E-state index in [1.807, 2.05) is 0 Å². The Morgan fingerprint density at radius 2 is 2.00 bits per heavy atom. The van der Waals surface area contributed by atoms with Gasteiger partial charge < -0.3 is 19.8 Å². The first-order valence-electron chi connectivity index (χ1n) is 7.91. The number of urea groups is 1. The lowest BCUT2D eigenvalue weighted by molar-refractivity contribution is -0.139.